The van der Waals surface area contributed by atoms with E-state index in [9.17, 15) is 9.90 Å². The SMILES string of the molecule is CCOC(=O)C(CC1SCCC1O)c1ccccc1. The molecule has 1 heterocycles. The van der Waals surface area contributed by atoms with Crippen LogP contribution < -0.4 is 0 Å². The Balaban J connectivity index is 2.12. The number of aliphatic hydroxyl groups excluding tert-OH is 1. The van der Waals surface area contributed by atoms with E-state index < -0.39 is 0 Å². The average Bonchev–Trinajstić information content (AvgIpc) is 2.82. The molecule has 4 heteroatoms. The minimum absolute atomic E-state index is 0.134. The van der Waals surface area contributed by atoms with Gasteiger partial charge in [-0.15, -0.1) is 0 Å². The molecule has 1 fully saturated rings. The van der Waals surface area contributed by atoms with Gasteiger partial charge < -0.3 is 9.84 Å². The van der Waals surface area contributed by atoms with E-state index in [2.05, 4.69) is 0 Å². The largest absolute Gasteiger partial charge is 0.466 e. The second-order valence-corrected chi connectivity index (χ2v) is 6.06. The van der Waals surface area contributed by atoms with Crippen LogP contribution >= 0.6 is 11.8 Å². The van der Waals surface area contributed by atoms with Crippen LogP contribution in [-0.4, -0.2) is 34.8 Å². The Morgan fingerprint density at radius 1 is 1.47 bits per heavy atom. The van der Waals surface area contributed by atoms with Gasteiger partial charge in [0.1, 0.15) is 0 Å². The molecule has 0 saturated carbocycles. The first-order chi connectivity index (χ1) is 9.22. The molecule has 1 aromatic rings. The molecule has 19 heavy (non-hydrogen) atoms. The van der Waals surface area contributed by atoms with Crippen molar-refractivity contribution in [2.24, 2.45) is 0 Å². The number of carbonyl (C=O) groups is 1. The van der Waals surface area contributed by atoms with Crippen LogP contribution in [0.4, 0.5) is 0 Å². The number of rotatable bonds is 5. The summed E-state index contributed by atoms with van der Waals surface area (Å²) in [4.78, 5) is 12.1. The first-order valence-electron chi connectivity index (χ1n) is 6.73. The third-order valence-corrected chi connectivity index (χ3v) is 4.82. The Bertz CT molecular complexity index is 407. The van der Waals surface area contributed by atoms with E-state index in [4.69, 9.17) is 4.74 Å². The normalized spacial score (nSPS) is 24.1. The molecule has 1 aromatic carbocycles. The smallest absolute Gasteiger partial charge is 0.313 e. The molecule has 1 aliphatic heterocycles. The van der Waals surface area contributed by atoms with Gasteiger partial charge in [-0.05, 0) is 31.1 Å². The van der Waals surface area contributed by atoms with Crippen molar-refractivity contribution in [3.8, 4) is 0 Å². The number of esters is 1. The minimum Gasteiger partial charge on any atom is -0.466 e. The first kappa shape index (κ1) is 14.4. The molecule has 0 spiro atoms. The third-order valence-electron chi connectivity index (χ3n) is 3.42. The number of aliphatic hydroxyl groups is 1. The van der Waals surface area contributed by atoms with Gasteiger partial charge in [0.2, 0.25) is 0 Å². The molecule has 0 radical (unpaired) electrons. The van der Waals surface area contributed by atoms with Crippen LogP contribution in [0.5, 0.6) is 0 Å². The molecular formula is C15H20O3S. The molecule has 1 saturated heterocycles. The van der Waals surface area contributed by atoms with Crippen LogP contribution in [0.2, 0.25) is 0 Å². The molecule has 1 N–H and O–H groups in total. The van der Waals surface area contributed by atoms with Crippen molar-refractivity contribution in [2.75, 3.05) is 12.4 Å². The number of hydrogen-bond donors (Lipinski definition) is 1. The lowest BCUT2D eigenvalue weighted by Gasteiger charge is -2.21. The van der Waals surface area contributed by atoms with Gasteiger partial charge in [0.05, 0.1) is 18.6 Å². The Morgan fingerprint density at radius 3 is 2.79 bits per heavy atom. The second-order valence-electron chi connectivity index (χ2n) is 4.72. The van der Waals surface area contributed by atoms with Crippen molar-refractivity contribution in [1.29, 1.82) is 0 Å². The molecule has 2 rings (SSSR count). The van der Waals surface area contributed by atoms with E-state index in [0.29, 0.717) is 13.0 Å². The molecule has 0 bridgehead atoms. The van der Waals surface area contributed by atoms with Crippen LogP contribution in [-0.2, 0) is 9.53 Å². The van der Waals surface area contributed by atoms with Gasteiger partial charge >= 0.3 is 5.97 Å². The van der Waals surface area contributed by atoms with Crippen LogP contribution in [0.15, 0.2) is 30.3 Å². The zero-order chi connectivity index (χ0) is 13.7. The van der Waals surface area contributed by atoms with Crippen molar-refractivity contribution < 1.29 is 14.6 Å². The molecule has 0 aliphatic carbocycles. The summed E-state index contributed by atoms with van der Waals surface area (Å²) in [5, 5.41) is 10.1. The fourth-order valence-corrected chi connectivity index (χ4v) is 3.76. The molecule has 1 aliphatic rings. The van der Waals surface area contributed by atoms with Crippen LogP contribution in [0, 0.1) is 0 Å². The summed E-state index contributed by atoms with van der Waals surface area (Å²) in [7, 11) is 0. The quantitative estimate of drug-likeness (QED) is 0.842. The summed E-state index contributed by atoms with van der Waals surface area (Å²) < 4.78 is 5.17. The van der Waals surface area contributed by atoms with Gasteiger partial charge in [0, 0.05) is 5.25 Å². The molecule has 3 unspecified atom stereocenters. The lowest BCUT2D eigenvalue weighted by molar-refractivity contribution is -0.145. The lowest BCUT2D eigenvalue weighted by atomic mass is 9.92. The van der Waals surface area contributed by atoms with Gasteiger partial charge in [-0.25, -0.2) is 0 Å². The van der Waals surface area contributed by atoms with E-state index >= 15 is 0 Å². The average molecular weight is 280 g/mol. The molecule has 0 aromatic heterocycles. The maximum Gasteiger partial charge on any atom is 0.313 e. The Morgan fingerprint density at radius 2 is 2.21 bits per heavy atom. The fraction of sp³-hybridized carbons (Fsp3) is 0.533. The molecule has 3 nitrogen and oxygen atoms in total. The highest BCUT2D eigenvalue weighted by Crippen LogP contribution is 2.35. The molecule has 104 valence electrons. The Kier molecular flexibility index (Phi) is 5.28. The second kappa shape index (κ2) is 6.96. The number of carbonyl (C=O) groups excluding carboxylic acids is 1. The first-order valence-corrected chi connectivity index (χ1v) is 7.78. The van der Waals surface area contributed by atoms with Crippen molar-refractivity contribution in [2.45, 2.75) is 37.0 Å². The highest BCUT2D eigenvalue weighted by atomic mass is 32.2. The van der Waals surface area contributed by atoms with Crippen molar-refractivity contribution in [3.05, 3.63) is 35.9 Å². The minimum atomic E-state index is -0.300. The number of thioether (sulfide) groups is 1. The zero-order valence-electron chi connectivity index (χ0n) is 11.1. The van der Waals surface area contributed by atoms with Gasteiger partial charge in [-0.1, -0.05) is 30.3 Å². The van der Waals surface area contributed by atoms with Crippen molar-refractivity contribution >= 4 is 17.7 Å². The van der Waals surface area contributed by atoms with E-state index in [1.807, 2.05) is 37.3 Å². The molecule has 0 amide bonds. The monoisotopic (exact) mass is 280 g/mol. The maximum absolute atomic E-state index is 12.1. The topological polar surface area (TPSA) is 46.5 Å². The fourth-order valence-electron chi connectivity index (χ4n) is 2.39. The van der Waals surface area contributed by atoms with Crippen LogP contribution in [0.25, 0.3) is 0 Å². The molecular weight excluding hydrogens is 260 g/mol. The lowest BCUT2D eigenvalue weighted by Crippen LogP contribution is -2.25. The standard InChI is InChI=1S/C15H20O3S/c1-2-18-15(17)12(11-6-4-3-5-7-11)10-14-13(16)8-9-19-14/h3-7,12-14,16H,2,8-10H2,1H3. The Labute approximate surface area is 118 Å². The maximum atomic E-state index is 12.1. The summed E-state index contributed by atoms with van der Waals surface area (Å²) in [5.74, 6) is 0.510. The Hall–Kier alpha value is -1.00. The predicted molar refractivity (Wildman–Crippen MR) is 77.3 cm³/mol. The van der Waals surface area contributed by atoms with E-state index in [1.165, 1.54) is 0 Å². The predicted octanol–water partition coefficient (Wildman–Crippen LogP) is 2.59. The van der Waals surface area contributed by atoms with Gasteiger partial charge in [-0.3, -0.25) is 4.79 Å². The number of benzene rings is 1. The van der Waals surface area contributed by atoms with Gasteiger partial charge in [0.15, 0.2) is 0 Å². The number of hydrogen-bond acceptors (Lipinski definition) is 4. The summed E-state index contributed by atoms with van der Waals surface area (Å²) in [5.41, 5.74) is 0.973. The van der Waals surface area contributed by atoms with E-state index in [0.717, 1.165) is 17.7 Å². The van der Waals surface area contributed by atoms with Crippen LogP contribution in [0.1, 0.15) is 31.2 Å². The highest BCUT2D eigenvalue weighted by Gasteiger charge is 2.32. The highest BCUT2D eigenvalue weighted by molar-refractivity contribution is 8.00. The van der Waals surface area contributed by atoms with Crippen molar-refractivity contribution in [3.63, 3.8) is 0 Å². The van der Waals surface area contributed by atoms with Gasteiger partial charge in [0.25, 0.3) is 0 Å². The zero-order valence-corrected chi connectivity index (χ0v) is 11.9. The van der Waals surface area contributed by atoms with E-state index in [-0.39, 0.29) is 23.2 Å². The van der Waals surface area contributed by atoms with Crippen LogP contribution in [0.3, 0.4) is 0 Å². The van der Waals surface area contributed by atoms with Crippen molar-refractivity contribution in [1.82, 2.24) is 0 Å². The third kappa shape index (κ3) is 3.74. The summed E-state index contributed by atoms with van der Waals surface area (Å²) >= 11 is 1.75. The summed E-state index contributed by atoms with van der Waals surface area (Å²) in [6.45, 7) is 2.21. The summed E-state index contributed by atoms with van der Waals surface area (Å²) in [6.07, 6.45) is 1.17. The van der Waals surface area contributed by atoms with E-state index in [1.54, 1.807) is 11.8 Å². The van der Waals surface area contributed by atoms with Gasteiger partial charge in [-0.2, -0.15) is 11.8 Å². The summed E-state index contributed by atoms with van der Waals surface area (Å²) in [6, 6.07) is 9.70. The molecule has 3 atom stereocenters. The number of ether oxygens (including phenoxy) is 1.